The Hall–Kier alpha value is -2.35. The highest BCUT2D eigenvalue weighted by Crippen LogP contribution is 2.32. The number of aryl methyl sites for hydroxylation is 2. The van der Waals surface area contributed by atoms with Gasteiger partial charge < -0.3 is 14.4 Å². The summed E-state index contributed by atoms with van der Waals surface area (Å²) in [6.45, 7) is 11.6. The van der Waals surface area contributed by atoms with E-state index in [9.17, 15) is 4.79 Å². The summed E-state index contributed by atoms with van der Waals surface area (Å²) in [4.78, 5) is 22.0. The number of nitrogens with zero attached hydrogens (tertiary/aromatic N) is 3. The second kappa shape index (κ2) is 12.0. The van der Waals surface area contributed by atoms with Crippen LogP contribution in [0.4, 0.5) is 5.13 Å². The Labute approximate surface area is 200 Å². The first-order valence-electron chi connectivity index (χ1n) is 10.6. The third kappa shape index (κ3) is 6.34. The van der Waals surface area contributed by atoms with Crippen LogP contribution in [0.5, 0.6) is 11.5 Å². The summed E-state index contributed by atoms with van der Waals surface area (Å²) in [5, 5.41) is 0.721. The molecule has 1 aromatic heterocycles. The van der Waals surface area contributed by atoms with E-state index in [1.807, 2.05) is 12.1 Å². The SMILES string of the molecule is CCN(CC)CCN(C(=O)COc1ccc(OC)cc1)c1nc2cc(C)cc(C)c2s1.Cl. The second-order valence-electron chi connectivity index (χ2n) is 7.46. The van der Waals surface area contributed by atoms with Crippen LogP contribution < -0.4 is 14.4 Å². The maximum absolute atomic E-state index is 13.2. The quantitative estimate of drug-likeness (QED) is 0.406. The zero-order valence-corrected chi connectivity index (χ0v) is 21.0. The van der Waals surface area contributed by atoms with Crippen LogP contribution in [0.15, 0.2) is 36.4 Å². The summed E-state index contributed by atoms with van der Waals surface area (Å²) < 4.78 is 12.1. The highest BCUT2D eigenvalue weighted by Gasteiger charge is 2.21. The van der Waals surface area contributed by atoms with E-state index in [-0.39, 0.29) is 24.9 Å². The van der Waals surface area contributed by atoms with E-state index in [4.69, 9.17) is 14.5 Å². The predicted octanol–water partition coefficient (Wildman–Crippen LogP) is 5.10. The lowest BCUT2D eigenvalue weighted by Gasteiger charge is -2.24. The number of hydrogen-bond donors (Lipinski definition) is 0. The van der Waals surface area contributed by atoms with Crippen LogP contribution >= 0.6 is 23.7 Å². The topological polar surface area (TPSA) is 54.9 Å². The molecule has 0 unspecified atom stereocenters. The van der Waals surface area contributed by atoms with Crippen LogP contribution in [0, 0.1) is 13.8 Å². The molecule has 1 amide bonds. The number of methoxy groups -OCH3 is 1. The minimum atomic E-state index is -0.101. The summed E-state index contributed by atoms with van der Waals surface area (Å²) in [6.07, 6.45) is 0. The van der Waals surface area contributed by atoms with Crippen molar-refractivity contribution in [1.82, 2.24) is 9.88 Å². The van der Waals surface area contributed by atoms with Crippen molar-refractivity contribution in [3.63, 3.8) is 0 Å². The molecule has 0 aliphatic heterocycles. The molecule has 0 saturated carbocycles. The zero-order chi connectivity index (χ0) is 22.4. The smallest absolute Gasteiger partial charge is 0.266 e. The fourth-order valence-electron chi connectivity index (χ4n) is 3.48. The van der Waals surface area contributed by atoms with E-state index in [2.05, 4.69) is 44.7 Å². The first kappa shape index (κ1) is 25.9. The zero-order valence-electron chi connectivity index (χ0n) is 19.4. The van der Waals surface area contributed by atoms with Gasteiger partial charge in [-0.25, -0.2) is 4.98 Å². The molecule has 32 heavy (non-hydrogen) atoms. The van der Waals surface area contributed by atoms with Gasteiger partial charge in [0.2, 0.25) is 0 Å². The summed E-state index contributed by atoms with van der Waals surface area (Å²) in [5.74, 6) is 1.28. The third-order valence-corrected chi connectivity index (χ3v) is 6.53. The number of amides is 1. The summed E-state index contributed by atoms with van der Waals surface area (Å²) in [5.41, 5.74) is 3.30. The van der Waals surface area contributed by atoms with Crippen molar-refractivity contribution in [2.75, 3.05) is 44.8 Å². The van der Waals surface area contributed by atoms with Gasteiger partial charge in [0, 0.05) is 13.1 Å². The molecule has 0 saturated heterocycles. The molecule has 0 fully saturated rings. The number of ether oxygens (including phenoxy) is 2. The number of anilines is 1. The van der Waals surface area contributed by atoms with E-state index in [0.717, 1.165) is 40.7 Å². The predicted molar refractivity (Wildman–Crippen MR) is 135 cm³/mol. The highest BCUT2D eigenvalue weighted by molar-refractivity contribution is 7.22. The van der Waals surface area contributed by atoms with Crippen LogP contribution in [-0.2, 0) is 4.79 Å². The van der Waals surface area contributed by atoms with Gasteiger partial charge in [-0.05, 0) is 68.4 Å². The Kier molecular flexibility index (Phi) is 9.75. The molecule has 0 aliphatic carbocycles. The number of hydrogen-bond acceptors (Lipinski definition) is 6. The Morgan fingerprint density at radius 2 is 1.69 bits per heavy atom. The number of benzene rings is 2. The van der Waals surface area contributed by atoms with Crippen molar-refractivity contribution in [3.05, 3.63) is 47.5 Å². The van der Waals surface area contributed by atoms with Crippen LogP contribution in [0.3, 0.4) is 0 Å². The number of carbonyl (C=O) groups excluding carboxylic acids is 1. The molecule has 2 aromatic carbocycles. The number of fused-ring (bicyclic) bond motifs is 1. The Morgan fingerprint density at radius 1 is 1.03 bits per heavy atom. The van der Waals surface area contributed by atoms with Gasteiger partial charge in [0.05, 0.1) is 17.3 Å². The minimum absolute atomic E-state index is 0. The van der Waals surface area contributed by atoms with Gasteiger partial charge in [-0.2, -0.15) is 0 Å². The van der Waals surface area contributed by atoms with Crippen LogP contribution in [0.25, 0.3) is 10.2 Å². The summed E-state index contributed by atoms with van der Waals surface area (Å²) in [7, 11) is 1.62. The Bertz CT molecular complexity index is 1020. The van der Waals surface area contributed by atoms with Crippen LogP contribution in [0.2, 0.25) is 0 Å². The molecule has 0 spiro atoms. The van der Waals surface area contributed by atoms with E-state index in [1.165, 1.54) is 11.1 Å². The number of likely N-dealkylation sites (N-methyl/N-ethyl adjacent to an activating group) is 1. The lowest BCUT2D eigenvalue weighted by Crippen LogP contribution is -2.41. The van der Waals surface area contributed by atoms with Crippen molar-refractivity contribution in [2.45, 2.75) is 27.7 Å². The molecule has 0 N–H and O–H groups in total. The molecule has 3 rings (SSSR count). The molecule has 0 bridgehead atoms. The fraction of sp³-hybridized carbons (Fsp3) is 0.417. The van der Waals surface area contributed by atoms with Gasteiger partial charge in [-0.3, -0.25) is 9.69 Å². The van der Waals surface area contributed by atoms with Crippen LogP contribution in [-0.4, -0.2) is 55.7 Å². The average molecular weight is 478 g/mol. The standard InChI is InChI=1S/C24H31N3O3S.ClH/c1-6-26(7-2)12-13-27(22(28)16-30-20-10-8-19(29-5)9-11-20)24-25-21-15-17(3)14-18(4)23(21)31-24;/h8-11,14-15H,6-7,12-13,16H2,1-5H3;1H. The monoisotopic (exact) mass is 477 g/mol. The van der Waals surface area contributed by atoms with Crippen LogP contribution in [0.1, 0.15) is 25.0 Å². The van der Waals surface area contributed by atoms with Crippen molar-refractivity contribution >= 4 is 45.0 Å². The molecule has 0 aliphatic rings. The Morgan fingerprint density at radius 3 is 2.31 bits per heavy atom. The normalized spacial score (nSPS) is 10.8. The van der Waals surface area contributed by atoms with Crippen molar-refractivity contribution in [2.24, 2.45) is 0 Å². The van der Waals surface area contributed by atoms with Gasteiger partial charge in [0.1, 0.15) is 11.5 Å². The number of carbonyl (C=O) groups is 1. The highest BCUT2D eigenvalue weighted by atomic mass is 35.5. The molecule has 174 valence electrons. The molecule has 6 nitrogen and oxygen atoms in total. The van der Waals surface area contributed by atoms with E-state index in [1.54, 1.807) is 35.5 Å². The number of halogens is 1. The summed E-state index contributed by atoms with van der Waals surface area (Å²) >= 11 is 1.57. The maximum Gasteiger partial charge on any atom is 0.266 e. The molecular formula is C24H32ClN3O3S. The first-order valence-corrected chi connectivity index (χ1v) is 11.4. The Balaban J connectivity index is 0.00000363. The van der Waals surface area contributed by atoms with Gasteiger partial charge >= 0.3 is 0 Å². The third-order valence-electron chi connectivity index (χ3n) is 5.30. The van der Waals surface area contributed by atoms with E-state index < -0.39 is 0 Å². The molecule has 3 aromatic rings. The fourth-order valence-corrected chi connectivity index (χ4v) is 4.54. The average Bonchev–Trinajstić information content (AvgIpc) is 3.19. The van der Waals surface area contributed by atoms with Gasteiger partial charge in [0.25, 0.3) is 5.91 Å². The van der Waals surface area contributed by atoms with Gasteiger partial charge in [-0.1, -0.05) is 31.3 Å². The second-order valence-corrected chi connectivity index (χ2v) is 8.44. The maximum atomic E-state index is 13.2. The summed E-state index contributed by atoms with van der Waals surface area (Å²) in [6, 6.07) is 11.5. The van der Waals surface area contributed by atoms with Crippen molar-refractivity contribution in [1.29, 1.82) is 0 Å². The largest absolute Gasteiger partial charge is 0.497 e. The van der Waals surface area contributed by atoms with Crippen molar-refractivity contribution < 1.29 is 14.3 Å². The lowest BCUT2D eigenvalue weighted by atomic mass is 10.1. The van der Waals surface area contributed by atoms with E-state index >= 15 is 0 Å². The molecule has 0 radical (unpaired) electrons. The minimum Gasteiger partial charge on any atom is -0.497 e. The number of rotatable bonds is 10. The van der Waals surface area contributed by atoms with E-state index in [0.29, 0.717) is 12.3 Å². The molecular weight excluding hydrogens is 446 g/mol. The van der Waals surface area contributed by atoms with Gasteiger partial charge in [0.15, 0.2) is 11.7 Å². The number of aromatic nitrogens is 1. The lowest BCUT2D eigenvalue weighted by molar-refractivity contribution is -0.120. The van der Waals surface area contributed by atoms with Gasteiger partial charge in [-0.15, -0.1) is 12.4 Å². The molecule has 1 heterocycles. The molecule has 0 atom stereocenters. The number of thiazole rings is 1. The van der Waals surface area contributed by atoms with Crippen molar-refractivity contribution in [3.8, 4) is 11.5 Å². The first-order chi connectivity index (χ1) is 14.9. The molecule has 8 heteroatoms.